The van der Waals surface area contributed by atoms with E-state index in [2.05, 4.69) is 10.3 Å². The highest BCUT2D eigenvalue weighted by Crippen LogP contribution is 2.12. The highest BCUT2D eigenvalue weighted by Gasteiger charge is 2.08. The second kappa shape index (κ2) is 5.69. The number of nitrogens with zero attached hydrogens (tertiary/aromatic N) is 1. The van der Waals surface area contributed by atoms with Crippen LogP contribution in [0, 0.1) is 11.6 Å². The van der Waals surface area contributed by atoms with E-state index in [0.29, 0.717) is 12.1 Å². The van der Waals surface area contributed by atoms with Crippen molar-refractivity contribution >= 4 is 0 Å². The van der Waals surface area contributed by atoms with Gasteiger partial charge in [-0.05, 0) is 25.1 Å². The molecule has 0 spiro atoms. The Kier molecular flexibility index (Phi) is 3.99. The molecule has 2 nitrogen and oxygen atoms in total. The zero-order valence-corrected chi connectivity index (χ0v) is 10.0. The summed E-state index contributed by atoms with van der Waals surface area (Å²) in [5.74, 6) is -1.09. The summed E-state index contributed by atoms with van der Waals surface area (Å²) in [6.45, 7) is 2.29. The highest BCUT2D eigenvalue weighted by molar-refractivity contribution is 5.18. The average molecular weight is 248 g/mol. The zero-order chi connectivity index (χ0) is 13.0. The summed E-state index contributed by atoms with van der Waals surface area (Å²) < 4.78 is 26.1. The minimum atomic E-state index is -0.561. The van der Waals surface area contributed by atoms with E-state index >= 15 is 0 Å². The maximum Gasteiger partial charge on any atom is 0.130 e. The van der Waals surface area contributed by atoms with Gasteiger partial charge < -0.3 is 5.32 Å². The number of hydrogen-bond acceptors (Lipinski definition) is 2. The van der Waals surface area contributed by atoms with Crippen molar-refractivity contribution in [2.45, 2.75) is 19.5 Å². The summed E-state index contributed by atoms with van der Waals surface area (Å²) in [6, 6.07) is 9.25. The van der Waals surface area contributed by atoms with Gasteiger partial charge >= 0.3 is 0 Å². The molecule has 1 aromatic carbocycles. The highest BCUT2D eigenvalue weighted by atomic mass is 19.1. The third kappa shape index (κ3) is 3.11. The third-order valence-corrected chi connectivity index (χ3v) is 2.75. The molecule has 0 fully saturated rings. The fraction of sp³-hybridized carbons (Fsp3) is 0.214. The number of aromatic nitrogens is 1. The lowest BCUT2D eigenvalue weighted by Gasteiger charge is -2.13. The van der Waals surface area contributed by atoms with Crippen LogP contribution in [0.25, 0.3) is 0 Å². The van der Waals surface area contributed by atoms with Gasteiger partial charge in [-0.2, -0.15) is 0 Å². The molecule has 0 unspecified atom stereocenters. The fourth-order valence-corrected chi connectivity index (χ4v) is 1.66. The van der Waals surface area contributed by atoms with Crippen LogP contribution in [0.5, 0.6) is 0 Å². The van der Waals surface area contributed by atoms with E-state index in [1.807, 2.05) is 25.1 Å². The molecule has 0 aliphatic carbocycles. The second-order valence-corrected chi connectivity index (χ2v) is 4.09. The van der Waals surface area contributed by atoms with Crippen LogP contribution < -0.4 is 5.32 Å². The molecule has 18 heavy (non-hydrogen) atoms. The minimum Gasteiger partial charge on any atom is -0.305 e. The van der Waals surface area contributed by atoms with E-state index in [9.17, 15) is 8.78 Å². The van der Waals surface area contributed by atoms with Gasteiger partial charge in [-0.15, -0.1) is 0 Å². The van der Waals surface area contributed by atoms with Crippen molar-refractivity contribution in [3.8, 4) is 0 Å². The lowest BCUT2D eigenvalue weighted by atomic mass is 10.1. The van der Waals surface area contributed by atoms with Crippen LogP contribution >= 0.6 is 0 Å². The Balaban J connectivity index is 1.99. The molecule has 4 heteroatoms. The van der Waals surface area contributed by atoms with Crippen molar-refractivity contribution < 1.29 is 8.78 Å². The van der Waals surface area contributed by atoms with Crippen molar-refractivity contribution in [1.29, 1.82) is 0 Å². The predicted octanol–water partition coefficient (Wildman–Crippen LogP) is 3.21. The van der Waals surface area contributed by atoms with E-state index in [-0.39, 0.29) is 6.04 Å². The van der Waals surface area contributed by atoms with E-state index in [0.717, 1.165) is 11.8 Å². The van der Waals surface area contributed by atoms with Gasteiger partial charge in [0.05, 0.1) is 5.69 Å². The monoisotopic (exact) mass is 248 g/mol. The van der Waals surface area contributed by atoms with E-state index in [4.69, 9.17) is 0 Å². The first-order chi connectivity index (χ1) is 8.66. The molecule has 0 aliphatic heterocycles. The summed E-state index contributed by atoms with van der Waals surface area (Å²) >= 11 is 0. The van der Waals surface area contributed by atoms with Crippen LogP contribution in [0.4, 0.5) is 8.78 Å². The maximum atomic E-state index is 13.4. The first kappa shape index (κ1) is 12.6. The molecule has 94 valence electrons. The summed E-state index contributed by atoms with van der Waals surface area (Å²) in [7, 11) is 0. The number of rotatable bonds is 4. The summed E-state index contributed by atoms with van der Waals surface area (Å²) in [5, 5.41) is 3.15. The van der Waals surface area contributed by atoms with Gasteiger partial charge in [-0.25, -0.2) is 8.78 Å². The second-order valence-electron chi connectivity index (χ2n) is 4.09. The first-order valence-electron chi connectivity index (χ1n) is 5.75. The predicted molar refractivity (Wildman–Crippen MR) is 65.8 cm³/mol. The Morgan fingerprint density at radius 1 is 1.22 bits per heavy atom. The molecule has 0 radical (unpaired) electrons. The number of hydrogen-bond donors (Lipinski definition) is 1. The SMILES string of the molecule is C[C@@H](NCc1ccc(F)cc1F)c1ccccn1. The van der Waals surface area contributed by atoms with Gasteiger partial charge in [-0.3, -0.25) is 4.98 Å². The van der Waals surface area contributed by atoms with Crippen molar-refractivity contribution in [3.05, 3.63) is 65.5 Å². The molecule has 0 bridgehead atoms. The van der Waals surface area contributed by atoms with Gasteiger partial charge in [0.2, 0.25) is 0 Å². The fourth-order valence-electron chi connectivity index (χ4n) is 1.66. The maximum absolute atomic E-state index is 13.4. The Morgan fingerprint density at radius 2 is 2.06 bits per heavy atom. The van der Waals surface area contributed by atoms with Crippen LogP contribution in [0.15, 0.2) is 42.6 Å². The molecule has 1 heterocycles. The van der Waals surface area contributed by atoms with Crippen LogP contribution in [0.3, 0.4) is 0 Å². The normalized spacial score (nSPS) is 12.4. The molecular weight excluding hydrogens is 234 g/mol. The van der Waals surface area contributed by atoms with E-state index in [1.54, 1.807) is 6.20 Å². The number of pyridine rings is 1. The topological polar surface area (TPSA) is 24.9 Å². The Hall–Kier alpha value is -1.81. The third-order valence-electron chi connectivity index (χ3n) is 2.75. The Labute approximate surface area is 105 Å². The minimum absolute atomic E-state index is 0.00986. The lowest BCUT2D eigenvalue weighted by molar-refractivity contribution is 0.527. The van der Waals surface area contributed by atoms with Crippen molar-refractivity contribution in [3.63, 3.8) is 0 Å². The first-order valence-corrected chi connectivity index (χ1v) is 5.75. The molecule has 0 amide bonds. The molecule has 1 aromatic heterocycles. The lowest BCUT2D eigenvalue weighted by Crippen LogP contribution is -2.19. The Morgan fingerprint density at radius 3 is 2.72 bits per heavy atom. The van der Waals surface area contributed by atoms with Crippen LogP contribution in [0.1, 0.15) is 24.2 Å². The van der Waals surface area contributed by atoms with Crippen molar-refractivity contribution in [1.82, 2.24) is 10.3 Å². The summed E-state index contributed by atoms with van der Waals surface area (Å²) in [6.07, 6.45) is 1.71. The van der Waals surface area contributed by atoms with Crippen molar-refractivity contribution in [2.24, 2.45) is 0 Å². The average Bonchev–Trinajstić information content (AvgIpc) is 2.38. The van der Waals surface area contributed by atoms with Gasteiger partial charge in [0, 0.05) is 30.4 Å². The molecule has 0 aliphatic rings. The van der Waals surface area contributed by atoms with E-state index in [1.165, 1.54) is 12.1 Å². The Bertz CT molecular complexity index is 514. The molecule has 1 atom stereocenters. The van der Waals surface area contributed by atoms with Crippen molar-refractivity contribution in [2.75, 3.05) is 0 Å². The summed E-state index contributed by atoms with van der Waals surface area (Å²) in [5.41, 5.74) is 1.33. The quantitative estimate of drug-likeness (QED) is 0.898. The van der Waals surface area contributed by atoms with Gasteiger partial charge in [-0.1, -0.05) is 12.1 Å². The smallest absolute Gasteiger partial charge is 0.130 e. The molecule has 0 saturated heterocycles. The summed E-state index contributed by atoms with van der Waals surface area (Å²) in [4.78, 5) is 4.21. The number of nitrogens with one attached hydrogen (secondary N) is 1. The van der Waals surface area contributed by atoms with Crippen LogP contribution in [-0.4, -0.2) is 4.98 Å². The van der Waals surface area contributed by atoms with Crippen LogP contribution in [-0.2, 0) is 6.54 Å². The van der Waals surface area contributed by atoms with E-state index < -0.39 is 11.6 Å². The van der Waals surface area contributed by atoms with Crippen LogP contribution in [0.2, 0.25) is 0 Å². The molecule has 2 rings (SSSR count). The largest absolute Gasteiger partial charge is 0.305 e. The molecule has 0 saturated carbocycles. The molecular formula is C14H14F2N2. The molecule has 2 aromatic rings. The zero-order valence-electron chi connectivity index (χ0n) is 10.0. The van der Waals surface area contributed by atoms with Gasteiger partial charge in [0.1, 0.15) is 11.6 Å². The van der Waals surface area contributed by atoms with Gasteiger partial charge in [0.15, 0.2) is 0 Å². The standard InChI is InChI=1S/C14H14F2N2/c1-10(14-4-2-3-7-17-14)18-9-11-5-6-12(15)8-13(11)16/h2-8,10,18H,9H2,1H3/t10-/m1/s1. The molecule has 1 N–H and O–H groups in total. The number of halogens is 2. The van der Waals surface area contributed by atoms with Gasteiger partial charge in [0.25, 0.3) is 0 Å². The number of benzene rings is 1.